The minimum Gasteiger partial charge on any atom is -0.481 e. The van der Waals surface area contributed by atoms with Gasteiger partial charge in [-0.05, 0) is 43.4 Å². The lowest BCUT2D eigenvalue weighted by molar-refractivity contribution is -0.149. The number of amides is 1. The van der Waals surface area contributed by atoms with E-state index in [1.165, 1.54) is 17.6 Å². The number of hydroxylamine groups is 1. The van der Waals surface area contributed by atoms with Gasteiger partial charge in [-0.2, -0.15) is 0 Å². The summed E-state index contributed by atoms with van der Waals surface area (Å²) in [5.41, 5.74) is 2.51. The largest absolute Gasteiger partial charge is 0.481 e. The first-order chi connectivity index (χ1) is 10.6. The molecule has 3 N–H and O–H groups in total. The fraction of sp³-hybridized carbons (Fsp3) is 0.438. The Bertz CT molecular complexity index is 560. The fourth-order valence-electron chi connectivity index (χ4n) is 2.89. The fourth-order valence-corrected chi connectivity index (χ4v) is 2.89. The average molecular weight is 304 g/mol. The van der Waals surface area contributed by atoms with Crippen LogP contribution in [0.25, 0.3) is 6.08 Å². The van der Waals surface area contributed by atoms with Crippen molar-refractivity contribution in [2.24, 2.45) is 5.41 Å². The van der Waals surface area contributed by atoms with Crippen LogP contribution in [0.4, 0.5) is 0 Å². The number of hydrogen-bond donors (Lipinski definition) is 3. The predicted molar refractivity (Wildman–Crippen MR) is 80.1 cm³/mol. The maximum atomic E-state index is 11.5. The molecule has 1 fully saturated rings. The maximum absolute atomic E-state index is 11.5. The van der Waals surface area contributed by atoms with Crippen molar-refractivity contribution in [1.82, 2.24) is 10.5 Å². The van der Waals surface area contributed by atoms with Crippen molar-refractivity contribution in [3.05, 3.63) is 35.7 Å². The SMILES string of the molecule is O=C(/C=C/c1ccc(CCC2(C(=O)O)CCCC2)cn1)NO. The van der Waals surface area contributed by atoms with E-state index in [0.29, 0.717) is 18.5 Å². The highest BCUT2D eigenvalue weighted by Gasteiger charge is 2.40. The van der Waals surface area contributed by atoms with Crippen LogP contribution in [-0.2, 0) is 16.0 Å². The molecule has 1 aliphatic carbocycles. The molecule has 0 aromatic carbocycles. The van der Waals surface area contributed by atoms with Gasteiger partial charge in [0.1, 0.15) is 0 Å². The number of carbonyl (C=O) groups is 2. The summed E-state index contributed by atoms with van der Waals surface area (Å²) in [7, 11) is 0. The minimum absolute atomic E-state index is 0.572. The number of carboxylic acid groups (broad SMARTS) is 1. The van der Waals surface area contributed by atoms with E-state index in [9.17, 15) is 14.7 Å². The molecular weight excluding hydrogens is 284 g/mol. The van der Waals surface area contributed by atoms with Crippen molar-refractivity contribution in [2.75, 3.05) is 0 Å². The summed E-state index contributed by atoms with van der Waals surface area (Å²) in [6.07, 6.45) is 9.17. The van der Waals surface area contributed by atoms with Crippen LogP contribution in [0, 0.1) is 5.41 Å². The van der Waals surface area contributed by atoms with Gasteiger partial charge in [-0.3, -0.25) is 19.8 Å². The Kier molecular flexibility index (Phi) is 5.27. The number of aromatic nitrogens is 1. The average Bonchev–Trinajstić information content (AvgIpc) is 3.02. The number of carboxylic acids is 1. The number of aliphatic carboxylic acids is 1. The number of carbonyl (C=O) groups excluding carboxylic acids is 1. The number of nitrogens with zero attached hydrogens (tertiary/aromatic N) is 1. The van der Waals surface area contributed by atoms with Crippen LogP contribution in [0.2, 0.25) is 0 Å². The lowest BCUT2D eigenvalue weighted by Gasteiger charge is -2.23. The van der Waals surface area contributed by atoms with Crippen molar-refractivity contribution in [3.63, 3.8) is 0 Å². The van der Waals surface area contributed by atoms with E-state index in [0.717, 1.165) is 31.2 Å². The third kappa shape index (κ3) is 3.92. The van der Waals surface area contributed by atoms with Gasteiger partial charge in [0.2, 0.25) is 0 Å². The highest BCUT2D eigenvalue weighted by molar-refractivity contribution is 5.90. The zero-order chi connectivity index (χ0) is 16.0. The zero-order valence-electron chi connectivity index (χ0n) is 12.3. The van der Waals surface area contributed by atoms with Gasteiger partial charge in [-0.15, -0.1) is 0 Å². The Morgan fingerprint density at radius 2 is 2.05 bits per heavy atom. The third-order valence-corrected chi connectivity index (χ3v) is 4.27. The molecule has 0 unspecified atom stereocenters. The number of rotatable bonds is 6. The van der Waals surface area contributed by atoms with E-state index in [1.807, 2.05) is 6.07 Å². The van der Waals surface area contributed by atoms with E-state index in [4.69, 9.17) is 5.21 Å². The third-order valence-electron chi connectivity index (χ3n) is 4.27. The van der Waals surface area contributed by atoms with Crippen LogP contribution in [-0.4, -0.2) is 27.2 Å². The maximum Gasteiger partial charge on any atom is 0.309 e. The summed E-state index contributed by atoms with van der Waals surface area (Å²) in [6, 6.07) is 3.65. The van der Waals surface area contributed by atoms with Gasteiger partial charge in [0.15, 0.2) is 0 Å². The molecule has 1 amide bonds. The predicted octanol–water partition coefficient (Wildman–Crippen LogP) is 2.18. The number of pyridine rings is 1. The van der Waals surface area contributed by atoms with E-state index in [2.05, 4.69) is 4.98 Å². The molecule has 1 aromatic rings. The normalized spacial score (nSPS) is 16.8. The lowest BCUT2D eigenvalue weighted by atomic mass is 9.81. The second kappa shape index (κ2) is 7.17. The summed E-state index contributed by atoms with van der Waals surface area (Å²) in [4.78, 5) is 26.6. The quantitative estimate of drug-likeness (QED) is 0.425. The summed E-state index contributed by atoms with van der Waals surface area (Å²) >= 11 is 0. The highest BCUT2D eigenvalue weighted by atomic mass is 16.5. The van der Waals surface area contributed by atoms with Crippen LogP contribution in [0.15, 0.2) is 24.4 Å². The first-order valence-electron chi connectivity index (χ1n) is 7.36. The van der Waals surface area contributed by atoms with Crippen LogP contribution in [0.1, 0.15) is 43.4 Å². The van der Waals surface area contributed by atoms with Gasteiger partial charge >= 0.3 is 5.97 Å². The molecule has 0 spiro atoms. The molecule has 2 rings (SSSR count). The highest BCUT2D eigenvalue weighted by Crippen LogP contribution is 2.42. The number of aryl methyl sites for hydroxylation is 1. The molecule has 118 valence electrons. The van der Waals surface area contributed by atoms with E-state index in [1.54, 1.807) is 12.3 Å². The van der Waals surface area contributed by atoms with Crippen LogP contribution < -0.4 is 5.48 Å². The Balaban J connectivity index is 1.95. The molecule has 1 aromatic heterocycles. The summed E-state index contributed by atoms with van der Waals surface area (Å²) in [5, 5.41) is 17.8. The topological polar surface area (TPSA) is 99.5 Å². The van der Waals surface area contributed by atoms with Gasteiger partial charge < -0.3 is 5.11 Å². The van der Waals surface area contributed by atoms with Crippen molar-refractivity contribution >= 4 is 18.0 Å². The molecule has 6 nitrogen and oxygen atoms in total. The first kappa shape index (κ1) is 16.2. The molecule has 0 aliphatic heterocycles. The lowest BCUT2D eigenvalue weighted by Crippen LogP contribution is -2.28. The second-order valence-electron chi connectivity index (χ2n) is 5.69. The molecule has 0 bridgehead atoms. The second-order valence-corrected chi connectivity index (χ2v) is 5.69. The Morgan fingerprint density at radius 3 is 2.59 bits per heavy atom. The van der Waals surface area contributed by atoms with Gasteiger partial charge in [-0.25, -0.2) is 5.48 Å². The molecule has 1 heterocycles. The van der Waals surface area contributed by atoms with Crippen molar-refractivity contribution in [1.29, 1.82) is 0 Å². The molecule has 0 saturated heterocycles. The van der Waals surface area contributed by atoms with Gasteiger partial charge in [0.25, 0.3) is 5.91 Å². The standard InChI is InChI=1S/C16H20N2O4/c19-14(18-22)6-5-13-4-3-12(11-17-13)7-10-16(15(20)21)8-1-2-9-16/h3-6,11,22H,1-2,7-10H2,(H,18,19)(H,20,21)/b6-5+. The molecular formula is C16H20N2O4. The molecule has 0 atom stereocenters. The van der Waals surface area contributed by atoms with Crippen molar-refractivity contribution in [2.45, 2.75) is 38.5 Å². The first-order valence-corrected chi connectivity index (χ1v) is 7.36. The number of hydrogen-bond acceptors (Lipinski definition) is 4. The summed E-state index contributed by atoms with van der Waals surface area (Å²) in [6.45, 7) is 0. The molecule has 1 aliphatic rings. The monoisotopic (exact) mass is 304 g/mol. The molecule has 6 heteroatoms. The van der Waals surface area contributed by atoms with Crippen LogP contribution in [0.3, 0.4) is 0 Å². The Labute approximate surface area is 128 Å². The van der Waals surface area contributed by atoms with Gasteiger partial charge in [0, 0.05) is 12.3 Å². The molecule has 22 heavy (non-hydrogen) atoms. The van der Waals surface area contributed by atoms with Crippen LogP contribution in [0.5, 0.6) is 0 Å². The molecule has 0 radical (unpaired) electrons. The smallest absolute Gasteiger partial charge is 0.309 e. The van der Waals surface area contributed by atoms with Gasteiger partial charge in [0.05, 0.1) is 11.1 Å². The minimum atomic E-state index is -0.687. The van der Waals surface area contributed by atoms with Crippen LogP contribution >= 0.6 is 0 Å². The number of nitrogens with one attached hydrogen (secondary N) is 1. The van der Waals surface area contributed by atoms with Crippen molar-refractivity contribution < 1.29 is 19.9 Å². The van der Waals surface area contributed by atoms with Crippen molar-refractivity contribution in [3.8, 4) is 0 Å². The summed E-state index contributed by atoms with van der Waals surface area (Å²) < 4.78 is 0. The summed E-state index contributed by atoms with van der Waals surface area (Å²) in [5.74, 6) is -1.30. The Morgan fingerprint density at radius 1 is 1.32 bits per heavy atom. The van der Waals surface area contributed by atoms with E-state index in [-0.39, 0.29) is 0 Å². The molecule has 1 saturated carbocycles. The Hall–Kier alpha value is -2.21. The zero-order valence-corrected chi connectivity index (χ0v) is 12.3. The van der Waals surface area contributed by atoms with E-state index >= 15 is 0 Å². The van der Waals surface area contributed by atoms with Gasteiger partial charge in [-0.1, -0.05) is 18.9 Å². The van der Waals surface area contributed by atoms with E-state index < -0.39 is 17.3 Å².